The van der Waals surface area contributed by atoms with E-state index < -0.39 is 23.7 Å². The molecule has 1 rings (SSSR count). The minimum Gasteiger partial charge on any atom is -0.480 e. The summed E-state index contributed by atoms with van der Waals surface area (Å²) in [4.78, 5) is 23.3. The lowest BCUT2D eigenvalue weighted by Crippen LogP contribution is -2.44. The lowest BCUT2D eigenvalue weighted by atomic mass is 10.0. The summed E-state index contributed by atoms with van der Waals surface area (Å²) in [6.45, 7) is 7.15. The Hall–Kier alpha value is -2.25. The van der Waals surface area contributed by atoms with Gasteiger partial charge in [-0.15, -0.1) is 0 Å². The first kappa shape index (κ1) is 19.8. The smallest absolute Gasteiger partial charge is 0.408 e. The number of ether oxygens (including phenoxy) is 2. The van der Waals surface area contributed by atoms with Gasteiger partial charge in [0.05, 0.1) is 12.7 Å². The average molecular weight is 342 g/mol. The lowest BCUT2D eigenvalue weighted by Gasteiger charge is -2.21. The number of aromatic nitrogens is 1. The molecule has 0 spiro atoms. The fourth-order valence-electron chi connectivity index (χ4n) is 2.08. The number of hydrogen-bond donors (Lipinski definition) is 2. The molecule has 2 N–H and O–H groups in total. The lowest BCUT2D eigenvalue weighted by molar-refractivity contribution is -0.139. The van der Waals surface area contributed by atoms with E-state index in [9.17, 15) is 14.7 Å². The highest BCUT2D eigenvalue weighted by Gasteiger charge is 2.28. The molecule has 0 aromatic carbocycles. The minimum atomic E-state index is -1.18. The Morgan fingerprint density at radius 3 is 2.54 bits per heavy atom. The first-order valence-electron chi connectivity index (χ1n) is 7.91. The number of nitrogens with one attached hydrogen (secondary N) is 1. The molecule has 0 bridgehead atoms. The molecule has 1 aromatic rings. The summed E-state index contributed by atoms with van der Waals surface area (Å²) >= 11 is 0. The topological polar surface area (TPSA) is 111 Å². The zero-order chi connectivity index (χ0) is 18.3. The van der Waals surface area contributed by atoms with Crippen LogP contribution in [0.2, 0.25) is 0 Å². The van der Waals surface area contributed by atoms with Gasteiger partial charge in [0.1, 0.15) is 17.4 Å². The van der Waals surface area contributed by atoms with Crippen LogP contribution < -0.4 is 10.1 Å². The number of rotatable bonds is 8. The molecule has 0 saturated carbocycles. The van der Waals surface area contributed by atoms with Crippen LogP contribution in [-0.2, 0) is 22.4 Å². The molecule has 0 radical (unpaired) electrons. The van der Waals surface area contributed by atoms with Crippen LogP contribution in [0.15, 0.2) is 4.52 Å². The maximum Gasteiger partial charge on any atom is 0.408 e. The summed E-state index contributed by atoms with van der Waals surface area (Å²) in [6.07, 6.45) is 1.69. The van der Waals surface area contributed by atoms with Crippen molar-refractivity contribution in [3.8, 4) is 5.88 Å². The first-order valence-corrected chi connectivity index (χ1v) is 7.91. The van der Waals surface area contributed by atoms with Crippen molar-refractivity contribution >= 4 is 12.1 Å². The maximum absolute atomic E-state index is 11.8. The molecule has 1 aromatic heterocycles. The van der Waals surface area contributed by atoms with Crippen molar-refractivity contribution < 1.29 is 28.7 Å². The van der Waals surface area contributed by atoms with Gasteiger partial charge in [-0.2, -0.15) is 0 Å². The van der Waals surface area contributed by atoms with Crippen LogP contribution in [0.25, 0.3) is 0 Å². The molecular formula is C16H26N2O6. The summed E-state index contributed by atoms with van der Waals surface area (Å²) in [5.41, 5.74) is 0.0195. The second-order valence-corrected chi connectivity index (χ2v) is 6.44. The number of aliphatic carboxylic acids is 1. The highest BCUT2D eigenvalue weighted by atomic mass is 16.6. The first-order chi connectivity index (χ1) is 11.2. The molecule has 0 fully saturated rings. The quantitative estimate of drug-likeness (QED) is 0.746. The molecule has 8 heteroatoms. The Balaban J connectivity index is 2.87. The number of nitrogens with zero attached hydrogens (tertiary/aromatic N) is 1. The van der Waals surface area contributed by atoms with Crippen molar-refractivity contribution in [2.24, 2.45) is 0 Å². The van der Waals surface area contributed by atoms with Crippen LogP contribution in [0.5, 0.6) is 5.88 Å². The maximum atomic E-state index is 11.8. The number of hydrogen-bond acceptors (Lipinski definition) is 6. The summed E-state index contributed by atoms with van der Waals surface area (Å²) in [6, 6.07) is -1.18. The SMILES string of the molecule is CCCCc1c(OC)noc1CC(NC(=O)OC(C)(C)C)C(=O)O. The van der Waals surface area contributed by atoms with Crippen molar-refractivity contribution in [3.05, 3.63) is 11.3 Å². The Morgan fingerprint density at radius 1 is 1.38 bits per heavy atom. The molecule has 0 aliphatic heterocycles. The molecular weight excluding hydrogens is 316 g/mol. The number of carboxylic acids is 1. The van der Waals surface area contributed by atoms with Crippen molar-refractivity contribution in [2.45, 2.75) is 65.0 Å². The molecule has 0 saturated heterocycles. The van der Waals surface area contributed by atoms with E-state index in [1.165, 1.54) is 7.11 Å². The van der Waals surface area contributed by atoms with Crippen LogP contribution in [0.4, 0.5) is 4.79 Å². The minimum absolute atomic E-state index is 0.0377. The van der Waals surface area contributed by atoms with Gasteiger partial charge in [0.2, 0.25) is 0 Å². The Kier molecular flexibility index (Phi) is 7.06. The molecule has 8 nitrogen and oxygen atoms in total. The number of alkyl carbamates (subject to hydrolysis) is 1. The molecule has 0 aliphatic rings. The van der Waals surface area contributed by atoms with E-state index in [0.29, 0.717) is 18.1 Å². The van der Waals surface area contributed by atoms with Crippen LogP contribution >= 0.6 is 0 Å². The van der Waals surface area contributed by atoms with E-state index in [2.05, 4.69) is 10.5 Å². The molecule has 1 atom stereocenters. The Labute approximate surface area is 141 Å². The second kappa shape index (κ2) is 8.56. The van der Waals surface area contributed by atoms with E-state index >= 15 is 0 Å². The molecule has 1 unspecified atom stereocenters. The molecule has 136 valence electrons. The van der Waals surface area contributed by atoms with Gasteiger partial charge in [-0.3, -0.25) is 0 Å². The second-order valence-electron chi connectivity index (χ2n) is 6.44. The number of carbonyl (C=O) groups excluding carboxylic acids is 1. The van der Waals surface area contributed by atoms with Gasteiger partial charge >= 0.3 is 12.1 Å². The largest absolute Gasteiger partial charge is 0.480 e. The van der Waals surface area contributed by atoms with Gasteiger partial charge in [-0.05, 0) is 38.8 Å². The van der Waals surface area contributed by atoms with Crippen molar-refractivity contribution in [1.29, 1.82) is 0 Å². The van der Waals surface area contributed by atoms with E-state index in [0.717, 1.165) is 18.4 Å². The summed E-state index contributed by atoms with van der Waals surface area (Å²) < 4.78 is 15.5. The third-order valence-electron chi connectivity index (χ3n) is 3.19. The van der Waals surface area contributed by atoms with E-state index in [1.54, 1.807) is 20.8 Å². The van der Waals surface area contributed by atoms with E-state index in [1.807, 2.05) is 6.92 Å². The normalized spacial score (nSPS) is 12.5. The zero-order valence-corrected chi connectivity index (χ0v) is 14.8. The fraction of sp³-hybridized carbons (Fsp3) is 0.688. The molecule has 1 amide bonds. The predicted octanol–water partition coefficient (Wildman–Crippen LogP) is 2.55. The van der Waals surface area contributed by atoms with Crippen LogP contribution in [0.1, 0.15) is 51.9 Å². The zero-order valence-electron chi connectivity index (χ0n) is 14.8. The van der Waals surface area contributed by atoms with Crippen LogP contribution in [-0.4, -0.2) is 41.1 Å². The van der Waals surface area contributed by atoms with Gasteiger partial charge in [0, 0.05) is 6.42 Å². The Morgan fingerprint density at radius 2 is 2.04 bits per heavy atom. The van der Waals surface area contributed by atoms with Gasteiger partial charge in [0.25, 0.3) is 5.88 Å². The van der Waals surface area contributed by atoms with Crippen LogP contribution in [0.3, 0.4) is 0 Å². The third kappa shape index (κ3) is 6.10. The molecule has 0 aliphatic carbocycles. The number of amides is 1. The van der Waals surface area contributed by atoms with Crippen LogP contribution in [0, 0.1) is 0 Å². The van der Waals surface area contributed by atoms with Gasteiger partial charge in [0.15, 0.2) is 0 Å². The van der Waals surface area contributed by atoms with E-state index in [4.69, 9.17) is 14.0 Å². The Bertz CT molecular complexity index is 561. The highest BCUT2D eigenvalue weighted by Crippen LogP contribution is 2.24. The standard InChI is InChI=1S/C16H26N2O6/c1-6-7-8-10-12(24-18-13(10)22-5)9-11(14(19)20)17-15(21)23-16(2,3)4/h11H,6-9H2,1-5H3,(H,17,21)(H,19,20). The van der Waals surface area contributed by atoms with Gasteiger partial charge in [-0.1, -0.05) is 13.3 Å². The number of methoxy groups -OCH3 is 1. The number of carbonyl (C=O) groups is 2. The number of unbranched alkanes of at least 4 members (excludes halogenated alkanes) is 1. The average Bonchev–Trinajstić information content (AvgIpc) is 2.84. The summed E-state index contributed by atoms with van der Waals surface area (Å²) in [5, 5.41) is 15.5. The van der Waals surface area contributed by atoms with Crippen molar-refractivity contribution in [2.75, 3.05) is 7.11 Å². The third-order valence-corrected chi connectivity index (χ3v) is 3.19. The number of carboxylic acid groups (broad SMARTS) is 1. The predicted molar refractivity (Wildman–Crippen MR) is 86.2 cm³/mol. The highest BCUT2D eigenvalue weighted by molar-refractivity contribution is 5.80. The monoisotopic (exact) mass is 342 g/mol. The molecule has 1 heterocycles. The van der Waals surface area contributed by atoms with Gasteiger partial charge < -0.3 is 24.4 Å². The van der Waals surface area contributed by atoms with Crippen molar-refractivity contribution in [1.82, 2.24) is 10.5 Å². The fourth-order valence-corrected chi connectivity index (χ4v) is 2.08. The van der Waals surface area contributed by atoms with Gasteiger partial charge in [-0.25, -0.2) is 9.59 Å². The summed E-state index contributed by atoms with van der Waals surface area (Å²) in [7, 11) is 1.48. The van der Waals surface area contributed by atoms with E-state index in [-0.39, 0.29) is 6.42 Å². The van der Waals surface area contributed by atoms with Crippen molar-refractivity contribution in [3.63, 3.8) is 0 Å². The summed E-state index contributed by atoms with van der Waals surface area (Å²) in [5.74, 6) is -0.443. The molecule has 24 heavy (non-hydrogen) atoms.